The van der Waals surface area contributed by atoms with Crippen LogP contribution in [0.1, 0.15) is 29.5 Å². The van der Waals surface area contributed by atoms with Crippen LogP contribution in [0, 0.1) is 0 Å². The molecule has 0 saturated heterocycles. The fraction of sp³-hybridized carbons (Fsp3) is 0.0741. The Morgan fingerprint density at radius 2 is 1.00 bits per heavy atom. The van der Waals surface area contributed by atoms with Crippen LogP contribution in [0.5, 0.6) is 0 Å². The average Bonchev–Trinajstić information content (AvgIpc) is 3.38. The first-order chi connectivity index (χ1) is 13.8. The summed E-state index contributed by atoms with van der Waals surface area (Å²) >= 11 is -2.12. The Labute approximate surface area is 197 Å². The topological polar surface area (TPSA) is 0 Å². The van der Waals surface area contributed by atoms with Gasteiger partial charge >= 0.3 is 174 Å². The van der Waals surface area contributed by atoms with E-state index in [1.165, 1.54) is 43.8 Å². The number of halogens is 2. The van der Waals surface area contributed by atoms with E-state index in [1.807, 2.05) is 0 Å². The molecule has 0 N–H and O–H groups in total. The van der Waals surface area contributed by atoms with Crippen molar-refractivity contribution in [3.05, 3.63) is 107 Å². The Hall–Kier alpha value is -1.79. The molecule has 0 aliphatic heterocycles. The van der Waals surface area contributed by atoms with E-state index in [2.05, 4.69) is 97.1 Å². The number of fused-ring (bicyclic) bond motifs is 6. The summed E-state index contributed by atoms with van der Waals surface area (Å²) in [7, 11) is 0. The largest absolute Gasteiger partial charge is 1.00 e. The Morgan fingerprint density at radius 1 is 0.567 bits per heavy atom. The summed E-state index contributed by atoms with van der Waals surface area (Å²) in [5.41, 5.74) is 5.85. The molecule has 6 rings (SSSR count). The molecule has 0 heterocycles. The molecule has 0 fully saturated rings. The second-order valence-electron chi connectivity index (χ2n) is 7.83. The van der Waals surface area contributed by atoms with Crippen molar-refractivity contribution in [3.63, 3.8) is 0 Å². The molecule has 0 nitrogen and oxygen atoms in total. The molecule has 0 bridgehead atoms. The molecular formula is C27H20Cl2Zr. The second kappa shape index (κ2) is 8.39. The molecule has 4 aromatic carbocycles. The predicted molar refractivity (Wildman–Crippen MR) is 119 cm³/mol. The molecule has 4 aromatic rings. The minimum Gasteiger partial charge on any atom is -1.00 e. The van der Waals surface area contributed by atoms with Gasteiger partial charge in [-0.25, -0.2) is 0 Å². The average molecular weight is 507 g/mol. The van der Waals surface area contributed by atoms with E-state index in [1.54, 1.807) is 0 Å². The Bertz CT molecular complexity index is 1250. The number of hydrogen-bond acceptors (Lipinski definition) is 0. The van der Waals surface area contributed by atoms with Crippen LogP contribution in [0.15, 0.2) is 84.9 Å². The molecule has 2 aliphatic carbocycles. The van der Waals surface area contributed by atoms with Gasteiger partial charge in [-0.15, -0.1) is 0 Å². The van der Waals surface area contributed by atoms with Gasteiger partial charge < -0.3 is 24.8 Å². The molecule has 0 spiro atoms. The predicted octanol–water partition coefficient (Wildman–Crippen LogP) is 0.887. The number of hydrogen-bond donors (Lipinski definition) is 0. The van der Waals surface area contributed by atoms with Crippen molar-refractivity contribution in [1.82, 2.24) is 0 Å². The molecule has 0 aromatic heterocycles. The molecule has 30 heavy (non-hydrogen) atoms. The van der Waals surface area contributed by atoms with Crippen molar-refractivity contribution in [2.75, 3.05) is 0 Å². The summed E-state index contributed by atoms with van der Waals surface area (Å²) in [6, 6.07) is 26.7. The molecule has 2 aliphatic rings. The van der Waals surface area contributed by atoms with Crippen LogP contribution in [0.25, 0.3) is 33.7 Å². The fourth-order valence-electron chi connectivity index (χ4n) is 5.01. The first-order valence-corrected chi connectivity index (χ1v) is 14.5. The van der Waals surface area contributed by atoms with Crippen LogP contribution in [0.2, 0.25) is 0 Å². The third-order valence-electron chi connectivity index (χ3n) is 6.37. The van der Waals surface area contributed by atoms with E-state index < -0.39 is 21.3 Å². The van der Waals surface area contributed by atoms with Crippen LogP contribution in [-0.4, -0.2) is 4.21 Å². The van der Waals surface area contributed by atoms with E-state index >= 15 is 0 Å². The summed E-state index contributed by atoms with van der Waals surface area (Å²) in [4.78, 5) is 0. The van der Waals surface area contributed by atoms with Crippen LogP contribution >= 0.6 is 0 Å². The van der Waals surface area contributed by atoms with E-state index in [0.29, 0.717) is 7.25 Å². The van der Waals surface area contributed by atoms with Gasteiger partial charge in [-0.1, -0.05) is 0 Å². The van der Waals surface area contributed by atoms with Gasteiger partial charge in [0.25, 0.3) is 0 Å². The fourth-order valence-corrected chi connectivity index (χ4v) is 11.1. The molecule has 0 saturated carbocycles. The van der Waals surface area contributed by atoms with Crippen LogP contribution in [-0.2, 0) is 21.3 Å². The van der Waals surface area contributed by atoms with Crippen LogP contribution in [0.3, 0.4) is 0 Å². The number of benzene rings is 4. The first kappa shape index (κ1) is 21.4. The minimum absolute atomic E-state index is 0. The number of allylic oxidation sites excluding steroid dienone is 2. The molecule has 0 radical (unpaired) electrons. The maximum Gasteiger partial charge on any atom is -1.00 e. The standard InChI is InChI=1S/2C13H9.CH2.2ClH.Zr/c2*1-2-6-12-10(4-1)8-9-11-5-3-7-13(11)12;;;;/h2*1-9H;1H2;2*1H;/q;;;;;+2/p-2. The molecule has 0 amide bonds. The van der Waals surface area contributed by atoms with Gasteiger partial charge in [0.15, 0.2) is 0 Å². The van der Waals surface area contributed by atoms with Crippen molar-refractivity contribution in [2.45, 2.75) is 7.25 Å². The molecular weight excluding hydrogens is 486 g/mol. The Balaban J connectivity index is 0.00000109. The van der Waals surface area contributed by atoms with Gasteiger partial charge in [0.2, 0.25) is 0 Å². The Morgan fingerprint density at radius 3 is 1.47 bits per heavy atom. The third-order valence-corrected chi connectivity index (χ3v) is 12.7. The summed E-state index contributed by atoms with van der Waals surface area (Å²) < 4.78 is 5.97. The van der Waals surface area contributed by atoms with Gasteiger partial charge in [0.05, 0.1) is 0 Å². The van der Waals surface area contributed by atoms with E-state index in [9.17, 15) is 0 Å². The van der Waals surface area contributed by atoms with Gasteiger partial charge in [0.1, 0.15) is 0 Å². The van der Waals surface area contributed by atoms with Crippen molar-refractivity contribution in [3.8, 4) is 0 Å². The smallest absolute Gasteiger partial charge is 1.00 e. The van der Waals surface area contributed by atoms with Crippen LogP contribution < -0.4 is 24.8 Å². The molecule has 2 atom stereocenters. The van der Waals surface area contributed by atoms with Crippen LogP contribution in [0.4, 0.5) is 0 Å². The van der Waals surface area contributed by atoms with Crippen molar-refractivity contribution in [2.24, 2.45) is 0 Å². The zero-order chi connectivity index (χ0) is 18.7. The van der Waals surface area contributed by atoms with E-state index in [4.69, 9.17) is 4.21 Å². The molecule has 3 heteroatoms. The molecule has 2 unspecified atom stereocenters. The Kier molecular flexibility index (Phi) is 6.00. The third kappa shape index (κ3) is 3.20. The van der Waals surface area contributed by atoms with E-state index in [-0.39, 0.29) is 24.8 Å². The maximum absolute atomic E-state index is 4.91. The van der Waals surface area contributed by atoms with Crippen molar-refractivity contribution in [1.29, 1.82) is 0 Å². The van der Waals surface area contributed by atoms with Crippen molar-refractivity contribution >= 4 is 37.9 Å². The van der Waals surface area contributed by atoms with Crippen molar-refractivity contribution < 1.29 is 46.1 Å². The van der Waals surface area contributed by atoms with E-state index in [0.717, 1.165) is 0 Å². The summed E-state index contributed by atoms with van der Waals surface area (Å²) in [6.45, 7) is 0. The first-order valence-electron chi connectivity index (χ1n) is 9.90. The minimum atomic E-state index is -2.12. The quantitative estimate of drug-likeness (QED) is 0.379. The summed E-state index contributed by atoms with van der Waals surface area (Å²) in [6.07, 6.45) is 9.58. The van der Waals surface area contributed by atoms with Gasteiger partial charge in [-0.3, -0.25) is 0 Å². The molecule has 146 valence electrons. The zero-order valence-corrected chi connectivity index (χ0v) is 20.3. The van der Waals surface area contributed by atoms with Gasteiger partial charge in [0, 0.05) is 0 Å². The summed E-state index contributed by atoms with van der Waals surface area (Å²) in [5.74, 6) is 0. The van der Waals surface area contributed by atoms with Gasteiger partial charge in [-0.05, 0) is 0 Å². The zero-order valence-electron chi connectivity index (χ0n) is 16.4. The second-order valence-corrected chi connectivity index (χ2v) is 13.7. The monoisotopic (exact) mass is 504 g/mol. The normalized spacial score (nSPS) is 17.7. The SMILES string of the molecule is [CH2]=[Zr+2]([CH]1C=Cc2ccc3ccccc3c21)[CH]1C=Cc2ccc3ccccc3c21.[Cl-].[Cl-]. The number of rotatable bonds is 2. The van der Waals surface area contributed by atoms with Gasteiger partial charge in [-0.2, -0.15) is 0 Å². The maximum atomic E-state index is 4.91. The summed E-state index contributed by atoms with van der Waals surface area (Å²) in [5, 5.41) is 5.52.